The Balaban J connectivity index is 1.27. The highest BCUT2D eigenvalue weighted by Crippen LogP contribution is 2.30. The van der Waals surface area contributed by atoms with Crippen LogP contribution in [0.5, 0.6) is 0 Å². The van der Waals surface area contributed by atoms with Crippen molar-refractivity contribution in [3.05, 3.63) is 58.3 Å². The number of ether oxygens (including phenoxy) is 1. The molecule has 1 saturated carbocycles. The van der Waals surface area contributed by atoms with Crippen molar-refractivity contribution in [1.82, 2.24) is 5.32 Å². The summed E-state index contributed by atoms with van der Waals surface area (Å²) < 4.78 is 5.92. The van der Waals surface area contributed by atoms with Crippen molar-refractivity contribution < 1.29 is 4.74 Å². The van der Waals surface area contributed by atoms with Gasteiger partial charge in [-0.1, -0.05) is 36.4 Å². The lowest BCUT2D eigenvalue weighted by atomic mass is 9.82. The van der Waals surface area contributed by atoms with Gasteiger partial charge in [0.15, 0.2) is 0 Å². The molecule has 1 aliphatic rings. The van der Waals surface area contributed by atoms with E-state index in [2.05, 4.69) is 47.1 Å². The van der Waals surface area contributed by atoms with Crippen LogP contribution >= 0.6 is 11.3 Å². The van der Waals surface area contributed by atoms with Crippen molar-refractivity contribution in [2.45, 2.75) is 32.1 Å². The van der Waals surface area contributed by atoms with Crippen LogP contribution in [0.4, 0.5) is 0 Å². The Morgan fingerprint density at radius 1 is 1.10 bits per heavy atom. The number of benzene rings is 1. The summed E-state index contributed by atoms with van der Waals surface area (Å²) in [5.41, 5.74) is 1.27. The Bertz CT molecular complexity index is 491. The third-order valence-electron chi connectivity index (χ3n) is 3.83. The molecule has 0 aliphatic heterocycles. The first-order chi connectivity index (χ1) is 9.90. The van der Waals surface area contributed by atoms with Crippen LogP contribution in [-0.2, 0) is 17.9 Å². The minimum Gasteiger partial charge on any atom is -0.374 e. The number of nitrogens with one attached hydrogen (secondary N) is 1. The molecule has 20 heavy (non-hydrogen) atoms. The second kappa shape index (κ2) is 7.02. The molecule has 1 aromatic carbocycles. The molecule has 0 bridgehead atoms. The van der Waals surface area contributed by atoms with E-state index in [1.54, 1.807) is 0 Å². The number of thiophene rings is 1. The molecule has 0 spiro atoms. The van der Waals surface area contributed by atoms with Gasteiger partial charge in [-0.2, -0.15) is 0 Å². The average molecular weight is 287 g/mol. The van der Waals surface area contributed by atoms with Gasteiger partial charge in [-0.3, -0.25) is 0 Å². The van der Waals surface area contributed by atoms with E-state index in [-0.39, 0.29) is 0 Å². The highest BCUT2D eigenvalue weighted by Gasteiger charge is 2.29. The molecule has 0 radical (unpaired) electrons. The van der Waals surface area contributed by atoms with Gasteiger partial charge in [0, 0.05) is 11.4 Å². The summed E-state index contributed by atoms with van der Waals surface area (Å²) in [5.74, 6) is 0.788. The van der Waals surface area contributed by atoms with Crippen LogP contribution in [0.1, 0.15) is 23.3 Å². The number of hydrogen-bond donors (Lipinski definition) is 1. The standard InChI is InChI=1S/C17H21NOS/c1-2-5-14(6-3-1)13-19-16-9-15(10-16)11-18-12-17-7-4-8-20-17/h1-8,15-16,18H,9-13H2. The molecular formula is C17H21NOS. The average Bonchev–Trinajstić information content (AvgIpc) is 2.94. The predicted octanol–water partition coefficient (Wildman–Crippen LogP) is 3.83. The highest BCUT2D eigenvalue weighted by molar-refractivity contribution is 7.09. The molecule has 1 aliphatic carbocycles. The van der Waals surface area contributed by atoms with E-state index in [0.717, 1.165) is 25.6 Å². The van der Waals surface area contributed by atoms with E-state index < -0.39 is 0 Å². The number of rotatable bonds is 7. The third-order valence-corrected chi connectivity index (χ3v) is 4.71. The molecule has 0 saturated heterocycles. The smallest absolute Gasteiger partial charge is 0.0720 e. The topological polar surface area (TPSA) is 21.3 Å². The zero-order valence-corrected chi connectivity index (χ0v) is 12.4. The lowest BCUT2D eigenvalue weighted by Gasteiger charge is -2.35. The van der Waals surface area contributed by atoms with Gasteiger partial charge in [0.2, 0.25) is 0 Å². The molecule has 1 heterocycles. The van der Waals surface area contributed by atoms with Gasteiger partial charge in [0.1, 0.15) is 0 Å². The maximum atomic E-state index is 5.92. The summed E-state index contributed by atoms with van der Waals surface area (Å²) in [4.78, 5) is 1.42. The first kappa shape index (κ1) is 13.8. The lowest BCUT2D eigenvalue weighted by Crippen LogP contribution is -2.37. The van der Waals surface area contributed by atoms with Crippen LogP contribution in [0.15, 0.2) is 47.8 Å². The highest BCUT2D eigenvalue weighted by atomic mass is 32.1. The zero-order valence-electron chi connectivity index (χ0n) is 11.6. The molecule has 0 amide bonds. The monoisotopic (exact) mass is 287 g/mol. The molecule has 1 N–H and O–H groups in total. The summed E-state index contributed by atoms with van der Waals surface area (Å²) in [5, 5.41) is 5.67. The van der Waals surface area contributed by atoms with Crippen LogP contribution in [0.25, 0.3) is 0 Å². The molecule has 3 rings (SSSR count). The van der Waals surface area contributed by atoms with E-state index in [1.165, 1.54) is 23.3 Å². The minimum atomic E-state index is 0.462. The van der Waals surface area contributed by atoms with Crippen LogP contribution in [0.3, 0.4) is 0 Å². The van der Waals surface area contributed by atoms with Gasteiger partial charge in [-0.05, 0) is 42.3 Å². The zero-order chi connectivity index (χ0) is 13.6. The molecule has 3 heteroatoms. The first-order valence-electron chi connectivity index (χ1n) is 7.29. The fourth-order valence-corrected chi connectivity index (χ4v) is 3.25. The molecular weight excluding hydrogens is 266 g/mol. The summed E-state index contributed by atoms with van der Waals surface area (Å²) >= 11 is 1.82. The third kappa shape index (κ3) is 3.92. The van der Waals surface area contributed by atoms with Crippen LogP contribution in [0.2, 0.25) is 0 Å². The summed E-state index contributed by atoms with van der Waals surface area (Å²) in [7, 11) is 0. The Morgan fingerprint density at radius 3 is 2.70 bits per heavy atom. The maximum Gasteiger partial charge on any atom is 0.0720 e. The van der Waals surface area contributed by atoms with Crippen molar-refractivity contribution in [1.29, 1.82) is 0 Å². The van der Waals surface area contributed by atoms with Crippen molar-refractivity contribution >= 4 is 11.3 Å². The van der Waals surface area contributed by atoms with Gasteiger partial charge in [-0.15, -0.1) is 11.3 Å². The van der Waals surface area contributed by atoms with E-state index >= 15 is 0 Å². The van der Waals surface area contributed by atoms with Crippen LogP contribution < -0.4 is 5.32 Å². The van der Waals surface area contributed by atoms with Crippen molar-refractivity contribution in [3.8, 4) is 0 Å². The van der Waals surface area contributed by atoms with Gasteiger partial charge >= 0.3 is 0 Å². The van der Waals surface area contributed by atoms with E-state index in [4.69, 9.17) is 4.74 Å². The molecule has 1 fully saturated rings. The quantitative estimate of drug-likeness (QED) is 0.835. The molecule has 2 aromatic rings. The lowest BCUT2D eigenvalue weighted by molar-refractivity contribution is -0.0395. The molecule has 0 unspecified atom stereocenters. The Morgan fingerprint density at radius 2 is 1.95 bits per heavy atom. The molecule has 2 nitrogen and oxygen atoms in total. The number of hydrogen-bond acceptors (Lipinski definition) is 3. The summed E-state index contributed by atoms with van der Waals surface area (Å²) in [6.45, 7) is 2.87. The van der Waals surface area contributed by atoms with Crippen LogP contribution in [-0.4, -0.2) is 12.6 Å². The summed E-state index contributed by atoms with van der Waals surface area (Å²) in [6, 6.07) is 14.7. The fraction of sp³-hybridized carbons (Fsp3) is 0.412. The Labute approximate surface area is 124 Å². The SMILES string of the molecule is c1ccc(COC2CC(CNCc3cccs3)C2)cc1. The second-order valence-corrected chi connectivity index (χ2v) is 6.50. The minimum absolute atomic E-state index is 0.462. The van der Waals surface area contributed by atoms with Crippen molar-refractivity contribution in [3.63, 3.8) is 0 Å². The normalized spacial score (nSPS) is 21.6. The Kier molecular flexibility index (Phi) is 4.85. The van der Waals surface area contributed by atoms with Gasteiger partial charge < -0.3 is 10.1 Å². The first-order valence-corrected chi connectivity index (χ1v) is 8.17. The van der Waals surface area contributed by atoms with Crippen molar-refractivity contribution in [2.24, 2.45) is 5.92 Å². The van der Waals surface area contributed by atoms with E-state index in [9.17, 15) is 0 Å². The van der Waals surface area contributed by atoms with E-state index in [0.29, 0.717) is 6.10 Å². The second-order valence-electron chi connectivity index (χ2n) is 5.47. The van der Waals surface area contributed by atoms with Gasteiger partial charge in [0.25, 0.3) is 0 Å². The molecule has 0 atom stereocenters. The van der Waals surface area contributed by atoms with E-state index in [1.807, 2.05) is 17.4 Å². The van der Waals surface area contributed by atoms with Crippen molar-refractivity contribution in [2.75, 3.05) is 6.54 Å². The molecule has 1 aromatic heterocycles. The Hall–Kier alpha value is -1.16. The van der Waals surface area contributed by atoms with Gasteiger partial charge in [0.05, 0.1) is 12.7 Å². The van der Waals surface area contributed by atoms with Gasteiger partial charge in [-0.25, -0.2) is 0 Å². The summed E-state index contributed by atoms with van der Waals surface area (Å²) in [6.07, 6.45) is 2.86. The fourth-order valence-electron chi connectivity index (χ4n) is 2.58. The predicted molar refractivity (Wildman–Crippen MR) is 83.8 cm³/mol. The maximum absolute atomic E-state index is 5.92. The van der Waals surface area contributed by atoms with Crippen LogP contribution in [0, 0.1) is 5.92 Å². The largest absolute Gasteiger partial charge is 0.374 e. The molecule has 106 valence electrons.